The van der Waals surface area contributed by atoms with Gasteiger partial charge in [0.05, 0.1) is 13.1 Å². The van der Waals surface area contributed by atoms with Gasteiger partial charge in [0, 0.05) is 36.3 Å². The molecule has 0 atom stereocenters. The topological polar surface area (TPSA) is 43.9 Å². The Kier molecular flexibility index (Phi) is 7.99. The number of thiophene rings is 1. The van der Waals surface area contributed by atoms with Gasteiger partial charge in [0.25, 0.3) is 0 Å². The quantitative estimate of drug-likeness (QED) is 0.609. The third kappa shape index (κ3) is 6.64. The second kappa shape index (κ2) is 10.7. The van der Waals surface area contributed by atoms with Gasteiger partial charge in [0.2, 0.25) is 11.8 Å². The number of aryl methyl sites for hydroxylation is 1. The molecule has 2 amide bonds. The zero-order valence-electron chi connectivity index (χ0n) is 17.8. The fourth-order valence-corrected chi connectivity index (χ4v) is 4.59. The van der Waals surface area contributed by atoms with Gasteiger partial charge < -0.3 is 14.7 Å². The summed E-state index contributed by atoms with van der Waals surface area (Å²) in [6.07, 6.45) is 2.40. The van der Waals surface area contributed by atoms with Crippen LogP contribution in [0.5, 0.6) is 0 Å². The first-order chi connectivity index (χ1) is 14.4. The van der Waals surface area contributed by atoms with E-state index in [1.165, 1.54) is 36.8 Å². The van der Waals surface area contributed by atoms with Crippen molar-refractivity contribution >= 4 is 23.2 Å². The molecule has 0 saturated carbocycles. The average Bonchev–Trinajstić information content (AvgIpc) is 3.37. The molecule has 162 valence electrons. The highest BCUT2D eigenvalue weighted by Gasteiger charge is 2.22. The summed E-state index contributed by atoms with van der Waals surface area (Å²) in [5.74, 6) is -0.478. The minimum atomic E-state index is -0.296. The predicted octanol–water partition coefficient (Wildman–Crippen LogP) is 3.67. The third-order valence-corrected chi connectivity index (χ3v) is 6.42. The Labute approximate surface area is 182 Å². The summed E-state index contributed by atoms with van der Waals surface area (Å²) in [5.41, 5.74) is 0.865. The smallest absolute Gasteiger partial charge is 0.242 e. The average molecular weight is 432 g/mol. The number of rotatable bonds is 9. The van der Waals surface area contributed by atoms with Crippen LogP contribution in [0.2, 0.25) is 0 Å². The molecule has 1 aromatic carbocycles. The first kappa shape index (κ1) is 22.4. The number of nitrogens with zero attached hydrogens (tertiary/aromatic N) is 3. The molecule has 2 heterocycles. The molecular weight excluding hydrogens is 401 g/mol. The molecule has 1 aliphatic heterocycles. The van der Waals surface area contributed by atoms with E-state index in [0.717, 1.165) is 30.1 Å². The number of carbonyl (C=O) groups is 2. The highest BCUT2D eigenvalue weighted by molar-refractivity contribution is 7.11. The van der Waals surface area contributed by atoms with Gasteiger partial charge in [0.1, 0.15) is 5.82 Å². The van der Waals surface area contributed by atoms with E-state index in [1.54, 1.807) is 33.3 Å². The maximum Gasteiger partial charge on any atom is 0.242 e. The Morgan fingerprint density at radius 2 is 1.73 bits per heavy atom. The highest BCUT2D eigenvalue weighted by Crippen LogP contribution is 2.19. The summed E-state index contributed by atoms with van der Waals surface area (Å²) in [4.78, 5) is 33.4. The van der Waals surface area contributed by atoms with E-state index in [9.17, 15) is 14.0 Å². The number of likely N-dealkylation sites (tertiary alicyclic amines) is 1. The van der Waals surface area contributed by atoms with Crippen molar-refractivity contribution in [3.8, 4) is 0 Å². The Hall–Kier alpha value is -2.25. The fraction of sp³-hybridized carbons (Fsp3) is 0.478. The van der Waals surface area contributed by atoms with Crippen molar-refractivity contribution in [2.24, 2.45) is 0 Å². The lowest BCUT2D eigenvalue weighted by atomic mass is 10.2. The second-order valence-electron chi connectivity index (χ2n) is 7.88. The molecule has 1 fully saturated rings. The van der Waals surface area contributed by atoms with Crippen molar-refractivity contribution < 1.29 is 14.0 Å². The summed E-state index contributed by atoms with van der Waals surface area (Å²) in [7, 11) is 0. The lowest BCUT2D eigenvalue weighted by molar-refractivity contribution is -0.140. The third-order valence-electron chi connectivity index (χ3n) is 5.44. The van der Waals surface area contributed by atoms with Gasteiger partial charge in [-0.15, -0.1) is 11.3 Å². The number of amides is 2. The summed E-state index contributed by atoms with van der Waals surface area (Å²) >= 11 is 1.66. The van der Waals surface area contributed by atoms with Gasteiger partial charge in [-0.1, -0.05) is 12.1 Å². The minimum absolute atomic E-state index is 0.0642. The lowest BCUT2D eigenvalue weighted by Crippen LogP contribution is -2.44. The van der Waals surface area contributed by atoms with E-state index >= 15 is 0 Å². The van der Waals surface area contributed by atoms with Crippen LogP contribution in [-0.4, -0.2) is 59.2 Å². The SMILES string of the molecule is CC(=O)N(CCN1CCCC1)CC(=O)N(Cc1ccc(F)cc1)Cc1ccc(C)s1. The molecule has 2 aromatic rings. The molecule has 0 radical (unpaired) electrons. The van der Waals surface area contributed by atoms with Gasteiger partial charge in [-0.05, 0) is 62.7 Å². The normalized spacial score (nSPS) is 14.1. The van der Waals surface area contributed by atoms with E-state index in [-0.39, 0.29) is 24.2 Å². The van der Waals surface area contributed by atoms with Crippen molar-refractivity contribution in [1.82, 2.24) is 14.7 Å². The van der Waals surface area contributed by atoms with E-state index in [0.29, 0.717) is 19.6 Å². The Balaban J connectivity index is 1.68. The van der Waals surface area contributed by atoms with Crippen LogP contribution in [0.3, 0.4) is 0 Å². The number of hydrogen-bond donors (Lipinski definition) is 0. The first-order valence-electron chi connectivity index (χ1n) is 10.5. The van der Waals surface area contributed by atoms with Crippen LogP contribution in [0.1, 0.15) is 35.1 Å². The molecule has 7 heteroatoms. The molecule has 3 rings (SSSR count). The molecule has 1 saturated heterocycles. The van der Waals surface area contributed by atoms with Crippen molar-refractivity contribution in [2.75, 3.05) is 32.7 Å². The van der Waals surface area contributed by atoms with Gasteiger partial charge >= 0.3 is 0 Å². The highest BCUT2D eigenvalue weighted by atomic mass is 32.1. The van der Waals surface area contributed by atoms with Crippen molar-refractivity contribution in [3.63, 3.8) is 0 Å². The maximum atomic E-state index is 13.3. The monoisotopic (exact) mass is 431 g/mol. The van der Waals surface area contributed by atoms with Crippen LogP contribution in [0.25, 0.3) is 0 Å². The number of benzene rings is 1. The second-order valence-corrected chi connectivity index (χ2v) is 9.25. The largest absolute Gasteiger partial charge is 0.332 e. The summed E-state index contributed by atoms with van der Waals surface area (Å²) in [5, 5.41) is 0. The van der Waals surface area contributed by atoms with E-state index in [4.69, 9.17) is 0 Å². The molecule has 1 aliphatic rings. The van der Waals surface area contributed by atoms with E-state index in [1.807, 2.05) is 19.1 Å². The van der Waals surface area contributed by atoms with Crippen LogP contribution >= 0.6 is 11.3 Å². The standard InChI is InChI=1S/C23H30FN3O2S/c1-18-5-10-22(30-18)16-27(15-20-6-8-21(24)9-7-20)23(29)17-26(19(2)28)14-13-25-11-3-4-12-25/h5-10H,3-4,11-17H2,1-2H3. The van der Waals surface area contributed by atoms with Crippen LogP contribution in [0.4, 0.5) is 4.39 Å². The fourth-order valence-electron chi connectivity index (χ4n) is 3.68. The first-order valence-corrected chi connectivity index (χ1v) is 11.3. The van der Waals surface area contributed by atoms with Crippen LogP contribution in [0.15, 0.2) is 36.4 Å². The zero-order chi connectivity index (χ0) is 21.5. The Morgan fingerprint density at radius 3 is 2.33 bits per heavy atom. The summed E-state index contributed by atoms with van der Waals surface area (Å²) < 4.78 is 13.3. The van der Waals surface area contributed by atoms with Gasteiger partial charge in [-0.3, -0.25) is 9.59 Å². The summed E-state index contributed by atoms with van der Waals surface area (Å²) in [6.45, 7) is 7.97. The lowest BCUT2D eigenvalue weighted by Gasteiger charge is -2.28. The van der Waals surface area contributed by atoms with Crippen LogP contribution in [0, 0.1) is 12.7 Å². The van der Waals surface area contributed by atoms with Gasteiger partial charge in [-0.2, -0.15) is 0 Å². The molecular formula is C23H30FN3O2S. The van der Waals surface area contributed by atoms with E-state index < -0.39 is 0 Å². The predicted molar refractivity (Wildman–Crippen MR) is 118 cm³/mol. The van der Waals surface area contributed by atoms with Crippen LogP contribution < -0.4 is 0 Å². The molecule has 5 nitrogen and oxygen atoms in total. The van der Waals surface area contributed by atoms with E-state index in [2.05, 4.69) is 4.90 Å². The Morgan fingerprint density at radius 1 is 1.03 bits per heavy atom. The summed E-state index contributed by atoms with van der Waals surface area (Å²) in [6, 6.07) is 10.3. The molecule has 0 N–H and O–H groups in total. The molecule has 0 bridgehead atoms. The van der Waals surface area contributed by atoms with Crippen LogP contribution in [-0.2, 0) is 22.7 Å². The number of halogens is 1. The maximum absolute atomic E-state index is 13.3. The van der Waals surface area contributed by atoms with Crippen molar-refractivity contribution in [3.05, 3.63) is 57.5 Å². The number of carbonyl (C=O) groups excluding carboxylic acids is 2. The molecule has 1 aromatic heterocycles. The van der Waals surface area contributed by atoms with Gasteiger partial charge in [0.15, 0.2) is 0 Å². The minimum Gasteiger partial charge on any atom is -0.332 e. The van der Waals surface area contributed by atoms with Crippen molar-refractivity contribution in [1.29, 1.82) is 0 Å². The Bertz CT molecular complexity index is 846. The molecule has 0 unspecified atom stereocenters. The molecule has 0 spiro atoms. The zero-order valence-corrected chi connectivity index (χ0v) is 18.6. The number of hydrogen-bond acceptors (Lipinski definition) is 4. The molecule has 30 heavy (non-hydrogen) atoms. The molecule has 0 aliphatic carbocycles. The van der Waals surface area contributed by atoms with Crippen molar-refractivity contribution in [2.45, 2.75) is 39.8 Å². The van der Waals surface area contributed by atoms with Gasteiger partial charge in [-0.25, -0.2) is 4.39 Å².